The van der Waals surface area contributed by atoms with E-state index in [1.807, 2.05) is 36.4 Å². The lowest BCUT2D eigenvalue weighted by atomic mass is 10.1. The van der Waals surface area contributed by atoms with Crippen LogP contribution >= 0.6 is 15.9 Å². The van der Waals surface area contributed by atoms with Gasteiger partial charge in [0.1, 0.15) is 15.9 Å². The van der Waals surface area contributed by atoms with Crippen LogP contribution in [0.25, 0.3) is 10.9 Å². The maximum atomic E-state index is 14.1. The van der Waals surface area contributed by atoms with E-state index in [4.69, 9.17) is 4.43 Å². The van der Waals surface area contributed by atoms with E-state index >= 15 is 0 Å². The monoisotopic (exact) mass is 657 g/mol. The molecule has 0 aliphatic rings. The summed E-state index contributed by atoms with van der Waals surface area (Å²) in [5.74, 6) is -1.14. The van der Waals surface area contributed by atoms with Gasteiger partial charge in [-0.3, -0.25) is 9.78 Å². The van der Waals surface area contributed by atoms with Crippen molar-refractivity contribution in [1.29, 1.82) is 0 Å². The Hall–Kier alpha value is -3.92. The van der Waals surface area contributed by atoms with Crippen molar-refractivity contribution in [1.82, 2.24) is 14.9 Å². The van der Waals surface area contributed by atoms with Gasteiger partial charge in [-0.15, -0.1) is 0 Å². The molecule has 1 N–H and O–H groups in total. The van der Waals surface area contributed by atoms with Gasteiger partial charge >= 0.3 is 0 Å². The van der Waals surface area contributed by atoms with Crippen molar-refractivity contribution in [2.24, 2.45) is 0 Å². The fourth-order valence-electron chi connectivity index (χ4n) is 5.52. The minimum absolute atomic E-state index is 0.120. The average molecular weight is 659 g/mol. The van der Waals surface area contributed by atoms with Crippen molar-refractivity contribution in [3.05, 3.63) is 125 Å². The molecule has 0 saturated heterocycles. The van der Waals surface area contributed by atoms with Crippen LogP contribution in [0.3, 0.4) is 0 Å². The molecule has 0 saturated carbocycles. The molecule has 3 aromatic carbocycles. The van der Waals surface area contributed by atoms with Crippen molar-refractivity contribution in [3.63, 3.8) is 0 Å². The standard InChI is InChI=1S/C34H33BrFN3O3Si/c1-34(2,3)43(26-11-6-4-7-12-26,27-13-8-5-9-14-27)42-22-21-39(23-24-16-18-25(36)19-17-24)33(41)30-31(40)29-28(32(35)38-30)15-10-20-37-29/h4-20,40H,21-23H2,1-3H3. The summed E-state index contributed by atoms with van der Waals surface area (Å²) in [7, 11) is -2.86. The third-order valence-corrected chi connectivity index (χ3v) is 13.2. The van der Waals surface area contributed by atoms with Gasteiger partial charge in [-0.25, -0.2) is 9.37 Å². The third kappa shape index (κ3) is 6.25. The summed E-state index contributed by atoms with van der Waals surface area (Å²) in [6, 6.07) is 30.1. The Morgan fingerprint density at radius 1 is 0.930 bits per heavy atom. The molecular formula is C34H33BrFN3O3Si. The summed E-state index contributed by atoms with van der Waals surface area (Å²) < 4.78 is 21.2. The number of rotatable bonds is 9. The van der Waals surface area contributed by atoms with Crippen LogP contribution in [0, 0.1) is 5.82 Å². The zero-order valence-electron chi connectivity index (χ0n) is 24.3. The zero-order valence-corrected chi connectivity index (χ0v) is 26.9. The molecule has 0 spiro atoms. The SMILES string of the molecule is CC(C)(C)[Si](OCCN(Cc1ccc(F)cc1)C(=O)c1nc(Br)c2cccnc2c1O)(c1ccccc1)c1ccccc1. The third-order valence-electron chi connectivity index (χ3n) is 7.56. The number of carbonyl (C=O) groups is 1. The fourth-order valence-corrected chi connectivity index (χ4v) is 10.6. The van der Waals surface area contributed by atoms with E-state index in [1.54, 1.807) is 35.4 Å². The van der Waals surface area contributed by atoms with Crippen LogP contribution in [-0.4, -0.2) is 47.4 Å². The number of benzene rings is 3. The van der Waals surface area contributed by atoms with Gasteiger partial charge in [0.15, 0.2) is 11.4 Å². The molecule has 0 bridgehead atoms. The van der Waals surface area contributed by atoms with Crippen molar-refractivity contribution in [3.8, 4) is 5.75 Å². The number of hydrogen-bond donors (Lipinski definition) is 1. The first kappa shape index (κ1) is 30.5. The summed E-state index contributed by atoms with van der Waals surface area (Å²) >= 11 is 3.43. The molecule has 1 amide bonds. The number of pyridine rings is 2. The van der Waals surface area contributed by atoms with Crippen LogP contribution in [0.2, 0.25) is 5.04 Å². The molecule has 0 aliphatic carbocycles. The van der Waals surface area contributed by atoms with Gasteiger partial charge in [0.2, 0.25) is 0 Å². The van der Waals surface area contributed by atoms with Gasteiger partial charge in [-0.05, 0) is 61.2 Å². The molecular weight excluding hydrogens is 625 g/mol. The van der Waals surface area contributed by atoms with E-state index in [-0.39, 0.29) is 47.5 Å². The Morgan fingerprint density at radius 3 is 2.12 bits per heavy atom. The maximum absolute atomic E-state index is 14.1. The van der Waals surface area contributed by atoms with Crippen LogP contribution < -0.4 is 10.4 Å². The number of carbonyl (C=O) groups excluding carboxylic acids is 1. The summed E-state index contributed by atoms with van der Waals surface area (Å²) in [6.07, 6.45) is 1.55. The summed E-state index contributed by atoms with van der Waals surface area (Å²) in [4.78, 5) is 24.3. The van der Waals surface area contributed by atoms with Crippen LogP contribution in [0.4, 0.5) is 4.39 Å². The second-order valence-electron chi connectivity index (χ2n) is 11.4. The fraction of sp³-hybridized carbons (Fsp3) is 0.206. The van der Waals surface area contributed by atoms with E-state index in [1.165, 1.54) is 12.1 Å². The van der Waals surface area contributed by atoms with Crippen LogP contribution in [0.5, 0.6) is 5.75 Å². The second kappa shape index (κ2) is 12.7. The Labute approximate surface area is 260 Å². The number of aromatic nitrogens is 2. The molecule has 0 radical (unpaired) electrons. The van der Waals surface area contributed by atoms with Gasteiger partial charge in [-0.2, -0.15) is 0 Å². The minimum Gasteiger partial charge on any atom is -0.504 e. The Bertz CT molecular complexity index is 1680. The molecule has 2 heterocycles. The van der Waals surface area contributed by atoms with E-state index in [0.717, 1.165) is 15.9 Å². The number of halogens is 2. The largest absolute Gasteiger partial charge is 0.504 e. The molecule has 220 valence electrons. The summed E-state index contributed by atoms with van der Waals surface area (Å²) in [5.41, 5.74) is 0.890. The second-order valence-corrected chi connectivity index (χ2v) is 16.4. The van der Waals surface area contributed by atoms with Gasteiger partial charge < -0.3 is 14.4 Å². The Kier molecular flexibility index (Phi) is 9.05. The van der Waals surface area contributed by atoms with Crippen molar-refractivity contribution < 1.29 is 18.7 Å². The number of amides is 1. The number of hydrogen-bond acceptors (Lipinski definition) is 5. The lowest BCUT2D eigenvalue weighted by Gasteiger charge is -2.43. The van der Waals surface area contributed by atoms with Crippen molar-refractivity contribution in [2.75, 3.05) is 13.2 Å². The molecule has 0 fully saturated rings. The molecule has 9 heteroatoms. The van der Waals surface area contributed by atoms with Crippen LogP contribution in [0.1, 0.15) is 36.8 Å². The molecule has 0 aliphatic heterocycles. The summed E-state index contributed by atoms with van der Waals surface area (Å²) in [6.45, 7) is 7.20. The van der Waals surface area contributed by atoms with E-state index in [0.29, 0.717) is 9.99 Å². The first-order valence-corrected chi connectivity index (χ1v) is 16.7. The van der Waals surface area contributed by atoms with Gasteiger partial charge in [0, 0.05) is 24.7 Å². The highest BCUT2D eigenvalue weighted by atomic mass is 79.9. The predicted molar refractivity (Wildman–Crippen MR) is 174 cm³/mol. The van der Waals surface area contributed by atoms with E-state index in [2.05, 4.69) is 70.9 Å². The molecule has 2 aromatic heterocycles. The first-order valence-electron chi connectivity index (χ1n) is 14.0. The number of fused-ring (bicyclic) bond motifs is 1. The van der Waals surface area contributed by atoms with Gasteiger partial charge in [-0.1, -0.05) is 93.6 Å². The van der Waals surface area contributed by atoms with E-state index < -0.39 is 14.2 Å². The zero-order chi connectivity index (χ0) is 30.6. The van der Waals surface area contributed by atoms with Crippen LogP contribution in [-0.2, 0) is 11.0 Å². The summed E-state index contributed by atoms with van der Waals surface area (Å²) in [5, 5.41) is 13.7. The predicted octanol–water partition coefficient (Wildman–Crippen LogP) is 6.46. The average Bonchev–Trinajstić information content (AvgIpc) is 3.01. The van der Waals surface area contributed by atoms with Crippen LogP contribution in [0.15, 0.2) is 108 Å². The number of aromatic hydroxyl groups is 1. The Morgan fingerprint density at radius 2 is 1.53 bits per heavy atom. The topological polar surface area (TPSA) is 75.5 Å². The quantitative estimate of drug-likeness (QED) is 0.146. The van der Waals surface area contributed by atoms with E-state index in [9.17, 15) is 14.3 Å². The smallest absolute Gasteiger partial charge is 0.276 e. The van der Waals surface area contributed by atoms with Crippen molar-refractivity contribution >= 4 is 51.4 Å². The highest BCUT2D eigenvalue weighted by Gasteiger charge is 2.50. The molecule has 6 nitrogen and oxygen atoms in total. The molecule has 5 rings (SSSR count). The van der Waals surface area contributed by atoms with Gasteiger partial charge in [0.05, 0.1) is 6.61 Å². The maximum Gasteiger partial charge on any atom is 0.276 e. The lowest BCUT2D eigenvalue weighted by molar-refractivity contribution is 0.0704. The molecule has 0 unspecified atom stereocenters. The van der Waals surface area contributed by atoms with Crippen molar-refractivity contribution in [2.45, 2.75) is 32.4 Å². The first-order chi connectivity index (χ1) is 20.6. The number of nitrogens with zero attached hydrogens (tertiary/aromatic N) is 3. The van der Waals surface area contributed by atoms with Gasteiger partial charge in [0.25, 0.3) is 14.2 Å². The molecule has 0 atom stereocenters. The normalized spacial score (nSPS) is 11.9. The molecule has 43 heavy (non-hydrogen) atoms. The lowest BCUT2D eigenvalue weighted by Crippen LogP contribution is -2.67. The highest BCUT2D eigenvalue weighted by Crippen LogP contribution is 2.37. The minimum atomic E-state index is -2.86. The molecule has 5 aromatic rings. The Balaban J connectivity index is 1.52. The highest BCUT2D eigenvalue weighted by molar-refractivity contribution is 9.10.